The van der Waals surface area contributed by atoms with E-state index in [-0.39, 0.29) is 22.6 Å². The molecule has 4 nitrogen and oxygen atoms in total. The van der Waals surface area contributed by atoms with E-state index in [2.05, 4.69) is 10.3 Å². The van der Waals surface area contributed by atoms with E-state index in [4.69, 9.17) is 11.6 Å². The highest BCUT2D eigenvalue weighted by Crippen LogP contribution is 2.13. The van der Waals surface area contributed by atoms with Crippen molar-refractivity contribution in [2.24, 2.45) is 0 Å². The van der Waals surface area contributed by atoms with Crippen LogP contribution in [0, 0.1) is 0 Å². The summed E-state index contributed by atoms with van der Waals surface area (Å²) in [4.78, 5) is 15.3. The van der Waals surface area contributed by atoms with Crippen LogP contribution in [0.2, 0.25) is 0 Å². The molecule has 16 heavy (non-hydrogen) atoms. The van der Waals surface area contributed by atoms with Gasteiger partial charge in [-0.3, -0.25) is 9.78 Å². The fraction of sp³-hybridized carbons (Fsp3) is 0.455. The zero-order valence-electron chi connectivity index (χ0n) is 9.11. The molecule has 1 heterocycles. The monoisotopic (exact) mass is 242 g/mol. The zero-order chi connectivity index (χ0) is 12.0. The highest BCUT2D eigenvalue weighted by Gasteiger charge is 2.11. The lowest BCUT2D eigenvalue weighted by Gasteiger charge is -2.10. The summed E-state index contributed by atoms with van der Waals surface area (Å²) < 4.78 is 0. The van der Waals surface area contributed by atoms with Gasteiger partial charge in [0.2, 0.25) is 0 Å². The van der Waals surface area contributed by atoms with Crippen LogP contribution in [0.5, 0.6) is 5.75 Å². The quantitative estimate of drug-likeness (QED) is 0.776. The summed E-state index contributed by atoms with van der Waals surface area (Å²) in [5.74, 6) is -0.455. The minimum Gasteiger partial charge on any atom is -0.505 e. The molecule has 0 radical (unpaired) electrons. The predicted octanol–water partition coefficient (Wildman–Crippen LogP) is 1.92. The van der Waals surface area contributed by atoms with Crippen LogP contribution in [0.1, 0.15) is 30.1 Å². The first-order chi connectivity index (χ1) is 7.65. The van der Waals surface area contributed by atoms with Crippen molar-refractivity contribution >= 4 is 17.5 Å². The van der Waals surface area contributed by atoms with Gasteiger partial charge in [0.1, 0.15) is 5.75 Å². The molecule has 1 aromatic rings. The van der Waals surface area contributed by atoms with Crippen molar-refractivity contribution in [2.45, 2.75) is 25.1 Å². The number of hydrogen-bond donors (Lipinski definition) is 2. The lowest BCUT2D eigenvalue weighted by molar-refractivity contribution is 0.0950. The second-order valence-corrected chi connectivity index (χ2v) is 4.11. The zero-order valence-corrected chi connectivity index (χ0v) is 9.87. The van der Waals surface area contributed by atoms with Gasteiger partial charge in [-0.1, -0.05) is 13.3 Å². The van der Waals surface area contributed by atoms with Gasteiger partial charge >= 0.3 is 0 Å². The van der Waals surface area contributed by atoms with Crippen LogP contribution in [-0.4, -0.2) is 27.9 Å². The highest BCUT2D eigenvalue weighted by atomic mass is 35.5. The Morgan fingerprint density at radius 1 is 1.69 bits per heavy atom. The number of amides is 1. The van der Waals surface area contributed by atoms with Gasteiger partial charge in [-0.2, -0.15) is 0 Å². The number of nitrogens with zero attached hydrogens (tertiary/aromatic N) is 1. The Morgan fingerprint density at radius 2 is 2.44 bits per heavy atom. The van der Waals surface area contributed by atoms with Crippen molar-refractivity contribution in [1.29, 1.82) is 0 Å². The van der Waals surface area contributed by atoms with Crippen LogP contribution in [0.3, 0.4) is 0 Å². The van der Waals surface area contributed by atoms with Crippen molar-refractivity contribution in [3.8, 4) is 5.75 Å². The second-order valence-electron chi connectivity index (χ2n) is 3.49. The summed E-state index contributed by atoms with van der Waals surface area (Å²) in [5.41, 5.74) is 0.218. The highest BCUT2D eigenvalue weighted by molar-refractivity contribution is 6.20. The Bertz CT molecular complexity index is 358. The summed E-state index contributed by atoms with van der Waals surface area (Å²) in [5, 5.41) is 12.0. The van der Waals surface area contributed by atoms with E-state index in [9.17, 15) is 9.90 Å². The number of aromatic hydroxyl groups is 1. The van der Waals surface area contributed by atoms with Crippen molar-refractivity contribution < 1.29 is 9.90 Å². The second kappa shape index (κ2) is 6.33. The lowest BCUT2D eigenvalue weighted by Crippen LogP contribution is -2.29. The Labute approximate surface area is 99.6 Å². The number of pyridine rings is 1. The normalized spacial score (nSPS) is 12.1. The van der Waals surface area contributed by atoms with Gasteiger partial charge in [-0.25, -0.2) is 0 Å². The number of rotatable bonds is 5. The Hall–Kier alpha value is -1.29. The fourth-order valence-electron chi connectivity index (χ4n) is 1.29. The summed E-state index contributed by atoms with van der Waals surface area (Å²) in [6, 6.07) is 1.47. The summed E-state index contributed by atoms with van der Waals surface area (Å²) in [6.45, 7) is 2.43. The molecular weight excluding hydrogens is 228 g/mol. The maximum Gasteiger partial charge on any atom is 0.255 e. The third-order valence-corrected chi connectivity index (χ3v) is 2.50. The first-order valence-electron chi connectivity index (χ1n) is 5.20. The Balaban J connectivity index is 2.50. The van der Waals surface area contributed by atoms with E-state index in [1.54, 1.807) is 0 Å². The van der Waals surface area contributed by atoms with Gasteiger partial charge in [0.15, 0.2) is 0 Å². The molecule has 2 N–H and O–H groups in total. The number of nitrogens with one attached hydrogen (secondary N) is 1. The topological polar surface area (TPSA) is 62.2 Å². The molecule has 1 aromatic heterocycles. The van der Waals surface area contributed by atoms with Gasteiger partial charge in [0.25, 0.3) is 5.91 Å². The summed E-state index contributed by atoms with van der Waals surface area (Å²) in [7, 11) is 0. The van der Waals surface area contributed by atoms with Gasteiger partial charge < -0.3 is 10.4 Å². The van der Waals surface area contributed by atoms with Crippen molar-refractivity contribution in [3.63, 3.8) is 0 Å². The number of alkyl halides is 1. The summed E-state index contributed by atoms with van der Waals surface area (Å²) >= 11 is 5.96. The fourth-order valence-corrected chi connectivity index (χ4v) is 1.59. The minimum absolute atomic E-state index is 0.0714. The van der Waals surface area contributed by atoms with Gasteiger partial charge in [-0.05, 0) is 12.5 Å². The van der Waals surface area contributed by atoms with Crippen LogP contribution >= 0.6 is 11.6 Å². The molecule has 0 saturated carbocycles. The molecule has 88 valence electrons. The number of carbonyl (C=O) groups excluding carboxylic acids is 1. The van der Waals surface area contributed by atoms with E-state index in [1.165, 1.54) is 18.5 Å². The van der Waals surface area contributed by atoms with Crippen LogP contribution in [0.4, 0.5) is 0 Å². The number of hydrogen-bond acceptors (Lipinski definition) is 3. The molecule has 0 aromatic carbocycles. The molecule has 1 rings (SSSR count). The molecule has 0 spiro atoms. The smallest absolute Gasteiger partial charge is 0.255 e. The molecular formula is C11H15ClN2O2. The number of halogens is 1. The molecule has 0 saturated heterocycles. The molecule has 1 unspecified atom stereocenters. The van der Waals surface area contributed by atoms with E-state index >= 15 is 0 Å². The van der Waals surface area contributed by atoms with E-state index in [0.29, 0.717) is 6.54 Å². The molecule has 0 bridgehead atoms. The van der Waals surface area contributed by atoms with Crippen LogP contribution in [0.15, 0.2) is 18.5 Å². The Kier molecular flexibility index (Phi) is 5.05. The third-order valence-electron chi connectivity index (χ3n) is 2.13. The molecule has 1 amide bonds. The van der Waals surface area contributed by atoms with E-state index in [0.717, 1.165) is 12.8 Å². The maximum absolute atomic E-state index is 11.6. The molecule has 0 aliphatic heterocycles. The number of aromatic nitrogens is 1. The van der Waals surface area contributed by atoms with E-state index < -0.39 is 0 Å². The van der Waals surface area contributed by atoms with Crippen molar-refractivity contribution in [1.82, 2.24) is 10.3 Å². The molecule has 5 heteroatoms. The maximum atomic E-state index is 11.6. The van der Waals surface area contributed by atoms with Gasteiger partial charge in [-0.15, -0.1) is 11.6 Å². The van der Waals surface area contributed by atoms with Crippen LogP contribution in [-0.2, 0) is 0 Å². The lowest BCUT2D eigenvalue weighted by atomic mass is 10.2. The van der Waals surface area contributed by atoms with Crippen molar-refractivity contribution in [3.05, 3.63) is 24.0 Å². The molecule has 0 fully saturated rings. The summed E-state index contributed by atoms with van der Waals surface area (Å²) in [6.07, 6.45) is 4.52. The van der Waals surface area contributed by atoms with Crippen molar-refractivity contribution in [2.75, 3.05) is 6.54 Å². The first-order valence-corrected chi connectivity index (χ1v) is 5.64. The van der Waals surface area contributed by atoms with Gasteiger partial charge in [0.05, 0.1) is 17.1 Å². The van der Waals surface area contributed by atoms with E-state index in [1.807, 2.05) is 6.92 Å². The average molecular weight is 243 g/mol. The molecule has 0 aliphatic rings. The average Bonchev–Trinajstić information content (AvgIpc) is 2.27. The standard InChI is InChI=1S/C11H15ClN2O2/c1-2-3-8(12)6-14-11(16)9-4-5-13-7-10(9)15/h4-5,7-8,15H,2-3,6H2,1H3,(H,14,16). The van der Waals surface area contributed by atoms with Crippen LogP contribution < -0.4 is 5.32 Å². The van der Waals surface area contributed by atoms with Crippen LogP contribution in [0.25, 0.3) is 0 Å². The SMILES string of the molecule is CCCC(Cl)CNC(=O)c1ccncc1O. The molecule has 1 atom stereocenters. The largest absolute Gasteiger partial charge is 0.505 e. The molecule has 0 aliphatic carbocycles. The minimum atomic E-state index is -0.332. The third kappa shape index (κ3) is 3.70. The first kappa shape index (κ1) is 12.8. The predicted molar refractivity (Wildman–Crippen MR) is 62.8 cm³/mol. The van der Waals surface area contributed by atoms with Gasteiger partial charge in [0, 0.05) is 12.7 Å². The Morgan fingerprint density at radius 3 is 3.06 bits per heavy atom. The number of carbonyl (C=O) groups is 1.